The van der Waals surface area contributed by atoms with E-state index in [2.05, 4.69) is 10.1 Å². The van der Waals surface area contributed by atoms with Gasteiger partial charge < -0.3 is 14.4 Å². The van der Waals surface area contributed by atoms with Crippen molar-refractivity contribution in [1.29, 1.82) is 0 Å². The van der Waals surface area contributed by atoms with Crippen molar-refractivity contribution in [3.05, 3.63) is 41.0 Å². The molecule has 0 fully saturated rings. The van der Waals surface area contributed by atoms with E-state index >= 15 is 0 Å². The number of carboxylic acid groups (broad SMARTS) is 1. The van der Waals surface area contributed by atoms with Crippen LogP contribution < -0.4 is 4.74 Å². The second-order valence-electron chi connectivity index (χ2n) is 4.43. The Morgan fingerprint density at radius 1 is 1.45 bits per heavy atom. The number of ether oxygens (including phenoxy) is 1. The predicted octanol–water partition coefficient (Wildman–Crippen LogP) is 2.61. The van der Waals surface area contributed by atoms with Crippen LogP contribution in [-0.4, -0.2) is 21.2 Å². The number of carbonyl (C=O) groups is 1. The lowest BCUT2D eigenvalue weighted by Gasteiger charge is -2.07. The number of nitrogens with zero attached hydrogens (tertiary/aromatic N) is 2. The lowest BCUT2D eigenvalue weighted by Crippen LogP contribution is -2.01. The third kappa shape index (κ3) is 3.34. The van der Waals surface area contributed by atoms with Crippen molar-refractivity contribution in [2.24, 2.45) is 0 Å². The lowest BCUT2D eigenvalue weighted by atomic mass is 10.1. The Hall–Kier alpha value is -2.37. The van der Waals surface area contributed by atoms with E-state index in [-0.39, 0.29) is 12.2 Å². The Morgan fingerprint density at radius 2 is 2.25 bits per heavy atom. The zero-order chi connectivity index (χ0) is 14.5. The number of aromatic nitrogens is 2. The maximum absolute atomic E-state index is 10.8. The van der Waals surface area contributed by atoms with Gasteiger partial charge in [-0.05, 0) is 37.1 Å². The zero-order valence-corrected chi connectivity index (χ0v) is 11.4. The molecule has 6 heteroatoms. The number of aryl methyl sites for hydroxylation is 2. The Balaban J connectivity index is 2.01. The summed E-state index contributed by atoms with van der Waals surface area (Å²) in [4.78, 5) is 15.0. The second kappa shape index (κ2) is 6.18. The van der Waals surface area contributed by atoms with Gasteiger partial charge in [-0.3, -0.25) is 0 Å². The topological polar surface area (TPSA) is 85.5 Å². The first kappa shape index (κ1) is 14.0. The Bertz CT molecular complexity index is 607. The van der Waals surface area contributed by atoms with Gasteiger partial charge in [-0.15, -0.1) is 0 Å². The van der Waals surface area contributed by atoms with Crippen molar-refractivity contribution in [3.8, 4) is 5.75 Å². The lowest BCUT2D eigenvalue weighted by molar-refractivity contribution is 0.0696. The van der Waals surface area contributed by atoms with Crippen molar-refractivity contribution < 1.29 is 19.2 Å². The van der Waals surface area contributed by atoms with Crippen LogP contribution in [0.3, 0.4) is 0 Å². The number of hydrogen-bond donors (Lipinski definition) is 1. The fourth-order valence-electron chi connectivity index (χ4n) is 1.75. The predicted molar refractivity (Wildman–Crippen MR) is 70.8 cm³/mol. The largest absolute Gasteiger partial charge is 0.485 e. The van der Waals surface area contributed by atoms with Gasteiger partial charge in [0.05, 0.1) is 5.56 Å². The quantitative estimate of drug-likeness (QED) is 0.872. The third-order valence-electron chi connectivity index (χ3n) is 2.75. The first-order valence-corrected chi connectivity index (χ1v) is 6.38. The average molecular weight is 276 g/mol. The van der Waals surface area contributed by atoms with E-state index in [9.17, 15) is 4.79 Å². The summed E-state index contributed by atoms with van der Waals surface area (Å²) in [5, 5.41) is 12.7. The summed E-state index contributed by atoms with van der Waals surface area (Å²) in [6.07, 6.45) is 1.69. The first-order valence-electron chi connectivity index (χ1n) is 6.38. The molecule has 106 valence electrons. The van der Waals surface area contributed by atoms with E-state index in [4.69, 9.17) is 14.4 Å². The average Bonchev–Trinajstić information content (AvgIpc) is 2.85. The monoisotopic (exact) mass is 276 g/mol. The van der Waals surface area contributed by atoms with Gasteiger partial charge in [0.2, 0.25) is 11.7 Å². The van der Waals surface area contributed by atoms with E-state index in [0.717, 1.165) is 18.4 Å². The molecular weight excluding hydrogens is 260 g/mol. The number of aromatic carboxylic acids is 1. The van der Waals surface area contributed by atoms with Gasteiger partial charge >= 0.3 is 5.97 Å². The van der Waals surface area contributed by atoms with Crippen LogP contribution in [0.15, 0.2) is 22.7 Å². The molecule has 0 amide bonds. The summed E-state index contributed by atoms with van der Waals surface area (Å²) in [6.45, 7) is 4.02. The van der Waals surface area contributed by atoms with E-state index in [1.165, 1.54) is 6.07 Å². The van der Waals surface area contributed by atoms with Gasteiger partial charge in [-0.2, -0.15) is 4.98 Å². The fraction of sp³-hybridized carbons (Fsp3) is 0.357. The van der Waals surface area contributed by atoms with Gasteiger partial charge in [0, 0.05) is 6.42 Å². The highest BCUT2D eigenvalue weighted by Gasteiger charge is 2.09. The van der Waals surface area contributed by atoms with E-state index < -0.39 is 5.97 Å². The van der Waals surface area contributed by atoms with Crippen LogP contribution in [0, 0.1) is 6.92 Å². The third-order valence-corrected chi connectivity index (χ3v) is 2.75. The minimum Gasteiger partial charge on any atom is -0.485 e. The van der Waals surface area contributed by atoms with Crippen molar-refractivity contribution in [2.75, 3.05) is 0 Å². The summed E-state index contributed by atoms with van der Waals surface area (Å²) < 4.78 is 10.6. The maximum Gasteiger partial charge on any atom is 0.335 e. The maximum atomic E-state index is 10.8. The zero-order valence-electron chi connectivity index (χ0n) is 11.4. The smallest absolute Gasteiger partial charge is 0.335 e. The molecule has 1 aromatic heterocycles. The van der Waals surface area contributed by atoms with Crippen LogP contribution in [0.4, 0.5) is 0 Å². The number of benzene rings is 1. The van der Waals surface area contributed by atoms with Gasteiger partial charge in [-0.25, -0.2) is 4.79 Å². The molecule has 1 N–H and O–H groups in total. The van der Waals surface area contributed by atoms with Crippen molar-refractivity contribution in [1.82, 2.24) is 10.1 Å². The summed E-state index contributed by atoms with van der Waals surface area (Å²) >= 11 is 0. The fourth-order valence-corrected chi connectivity index (χ4v) is 1.75. The van der Waals surface area contributed by atoms with Crippen LogP contribution >= 0.6 is 0 Å². The molecule has 0 aliphatic carbocycles. The number of rotatable bonds is 6. The molecule has 0 saturated heterocycles. The van der Waals surface area contributed by atoms with Crippen LogP contribution in [0.25, 0.3) is 0 Å². The van der Waals surface area contributed by atoms with Gasteiger partial charge in [-0.1, -0.05) is 12.1 Å². The van der Waals surface area contributed by atoms with Crippen LogP contribution in [0.1, 0.15) is 41.0 Å². The van der Waals surface area contributed by atoms with Crippen LogP contribution in [0.5, 0.6) is 5.75 Å². The molecular formula is C14H16N2O4. The summed E-state index contributed by atoms with van der Waals surface area (Å²) in [7, 11) is 0. The van der Waals surface area contributed by atoms with Crippen molar-refractivity contribution in [3.63, 3.8) is 0 Å². The standard InChI is InChI=1S/C14H16N2O4/c1-3-4-13-15-12(16-20-13)8-19-11-6-5-10(14(17)18)7-9(11)2/h5-7H,3-4,8H2,1-2H3,(H,17,18). The van der Waals surface area contributed by atoms with Crippen LogP contribution in [0.2, 0.25) is 0 Å². The molecule has 1 heterocycles. The van der Waals surface area contributed by atoms with Gasteiger partial charge in [0.25, 0.3) is 0 Å². The van der Waals surface area contributed by atoms with E-state index in [1.54, 1.807) is 19.1 Å². The highest BCUT2D eigenvalue weighted by atomic mass is 16.5. The highest BCUT2D eigenvalue weighted by Crippen LogP contribution is 2.20. The van der Waals surface area contributed by atoms with Crippen molar-refractivity contribution in [2.45, 2.75) is 33.3 Å². The minimum atomic E-state index is -0.956. The minimum absolute atomic E-state index is 0.195. The van der Waals surface area contributed by atoms with Gasteiger partial charge in [0.1, 0.15) is 5.75 Å². The molecule has 0 aliphatic heterocycles. The van der Waals surface area contributed by atoms with Gasteiger partial charge in [0.15, 0.2) is 6.61 Å². The molecule has 0 unspecified atom stereocenters. The normalized spacial score (nSPS) is 10.5. The van der Waals surface area contributed by atoms with E-state index in [0.29, 0.717) is 17.5 Å². The molecule has 0 bridgehead atoms. The van der Waals surface area contributed by atoms with E-state index in [1.807, 2.05) is 6.92 Å². The van der Waals surface area contributed by atoms with Crippen LogP contribution in [-0.2, 0) is 13.0 Å². The van der Waals surface area contributed by atoms with Crippen molar-refractivity contribution >= 4 is 5.97 Å². The molecule has 2 aromatic rings. The SMILES string of the molecule is CCCc1nc(COc2ccc(C(=O)O)cc2C)no1. The first-order chi connectivity index (χ1) is 9.60. The molecule has 6 nitrogen and oxygen atoms in total. The molecule has 0 aliphatic rings. The molecule has 20 heavy (non-hydrogen) atoms. The highest BCUT2D eigenvalue weighted by molar-refractivity contribution is 5.88. The molecule has 2 rings (SSSR count). The Labute approximate surface area is 116 Å². The second-order valence-corrected chi connectivity index (χ2v) is 4.43. The summed E-state index contributed by atoms with van der Waals surface area (Å²) in [5.74, 6) is 0.734. The molecule has 0 atom stereocenters. The molecule has 1 aromatic carbocycles. The summed E-state index contributed by atoms with van der Waals surface area (Å²) in [5.41, 5.74) is 0.988. The Morgan fingerprint density at radius 3 is 2.90 bits per heavy atom. The molecule has 0 saturated carbocycles. The molecule has 0 radical (unpaired) electrons. The number of carboxylic acids is 1. The molecule has 0 spiro atoms. The summed E-state index contributed by atoms with van der Waals surface area (Å²) in [6, 6.07) is 4.70. The Kier molecular flexibility index (Phi) is 4.34. The number of hydrogen-bond acceptors (Lipinski definition) is 5.